The third-order valence-electron chi connectivity index (χ3n) is 10.0. The third kappa shape index (κ3) is 39.4. The molecule has 0 aromatic carbocycles. The summed E-state index contributed by atoms with van der Waals surface area (Å²) in [6.45, 7) is 6.60. The molecule has 0 aliphatic heterocycles. The van der Waals surface area contributed by atoms with Gasteiger partial charge in [0.25, 0.3) is 0 Å². The van der Waals surface area contributed by atoms with E-state index in [1.165, 1.54) is 141 Å². The van der Waals surface area contributed by atoms with E-state index < -0.39 is 6.10 Å². The molecule has 0 aliphatic carbocycles. The molecule has 6 heteroatoms. The predicted molar refractivity (Wildman–Crippen MR) is 220 cm³/mol. The van der Waals surface area contributed by atoms with Gasteiger partial charge in [-0.05, 0) is 44.9 Å². The summed E-state index contributed by atoms with van der Waals surface area (Å²) < 4.78 is 16.7. The molecule has 0 saturated heterocycles. The molecule has 0 rings (SSSR count). The summed E-state index contributed by atoms with van der Waals surface area (Å²) in [5.74, 6) is -0.873. The second kappa shape index (κ2) is 41.9. The monoisotopic (exact) mass is 735 g/mol. The van der Waals surface area contributed by atoms with Crippen LogP contribution in [0.1, 0.15) is 245 Å². The number of hydrogen-bond acceptors (Lipinski definition) is 6. The summed E-state index contributed by atoms with van der Waals surface area (Å²) in [4.78, 5) is 37.6. The number of hydrogen-bond donors (Lipinski definition) is 0. The Hall–Kier alpha value is -1.85. The SMILES string of the molecule is CCCCCCC/C=C\CCCCCCCC(=O)OCC(COC(=O)CCCCCCCCCCCC)OC(=O)CCCCCCCCCCCC. The molecule has 1 atom stereocenters. The smallest absolute Gasteiger partial charge is 0.306 e. The Balaban J connectivity index is 4.33. The lowest BCUT2D eigenvalue weighted by atomic mass is 10.1. The van der Waals surface area contributed by atoms with E-state index in [-0.39, 0.29) is 31.1 Å². The minimum Gasteiger partial charge on any atom is -0.462 e. The van der Waals surface area contributed by atoms with Crippen LogP contribution < -0.4 is 0 Å². The van der Waals surface area contributed by atoms with Crippen molar-refractivity contribution >= 4 is 17.9 Å². The van der Waals surface area contributed by atoms with Crippen molar-refractivity contribution in [1.29, 1.82) is 0 Å². The first-order valence-corrected chi connectivity index (χ1v) is 22.7. The first-order valence-electron chi connectivity index (χ1n) is 22.7. The van der Waals surface area contributed by atoms with E-state index in [4.69, 9.17) is 14.2 Å². The topological polar surface area (TPSA) is 78.9 Å². The minimum atomic E-state index is -0.763. The van der Waals surface area contributed by atoms with Gasteiger partial charge in [0.05, 0.1) is 0 Å². The van der Waals surface area contributed by atoms with Gasteiger partial charge >= 0.3 is 17.9 Å². The number of ether oxygens (including phenoxy) is 3. The number of unbranched alkanes of at least 4 members (excludes halogenated alkanes) is 28. The number of esters is 3. The van der Waals surface area contributed by atoms with Crippen LogP contribution in [0, 0.1) is 0 Å². The molecule has 0 saturated carbocycles. The minimum absolute atomic E-state index is 0.0685. The summed E-state index contributed by atoms with van der Waals surface area (Å²) in [6, 6.07) is 0. The van der Waals surface area contributed by atoms with E-state index in [2.05, 4.69) is 32.9 Å². The molecule has 0 spiro atoms. The van der Waals surface area contributed by atoms with Crippen LogP contribution in [-0.4, -0.2) is 37.2 Å². The van der Waals surface area contributed by atoms with Crippen molar-refractivity contribution in [2.75, 3.05) is 13.2 Å². The van der Waals surface area contributed by atoms with E-state index in [1.54, 1.807) is 0 Å². The fourth-order valence-corrected chi connectivity index (χ4v) is 6.55. The third-order valence-corrected chi connectivity index (χ3v) is 10.0. The van der Waals surface area contributed by atoms with Gasteiger partial charge in [-0.2, -0.15) is 0 Å². The molecule has 0 heterocycles. The Labute approximate surface area is 322 Å². The molecule has 6 nitrogen and oxygen atoms in total. The lowest BCUT2D eigenvalue weighted by Crippen LogP contribution is -2.30. The van der Waals surface area contributed by atoms with E-state index in [9.17, 15) is 14.4 Å². The largest absolute Gasteiger partial charge is 0.462 e. The fourth-order valence-electron chi connectivity index (χ4n) is 6.55. The highest BCUT2D eigenvalue weighted by molar-refractivity contribution is 5.71. The van der Waals surface area contributed by atoms with Gasteiger partial charge in [-0.1, -0.05) is 193 Å². The van der Waals surface area contributed by atoms with Crippen LogP contribution in [0.4, 0.5) is 0 Å². The van der Waals surface area contributed by atoms with Gasteiger partial charge in [-0.15, -0.1) is 0 Å². The molecule has 0 aromatic rings. The lowest BCUT2D eigenvalue weighted by Gasteiger charge is -2.18. The summed E-state index contributed by atoms with van der Waals surface area (Å²) in [6.07, 6.45) is 43.3. The van der Waals surface area contributed by atoms with Gasteiger partial charge < -0.3 is 14.2 Å². The highest BCUT2D eigenvalue weighted by Crippen LogP contribution is 2.15. The van der Waals surface area contributed by atoms with Crippen molar-refractivity contribution in [3.8, 4) is 0 Å². The highest BCUT2D eigenvalue weighted by atomic mass is 16.6. The average molecular weight is 735 g/mol. The number of rotatable bonds is 41. The van der Waals surface area contributed by atoms with E-state index >= 15 is 0 Å². The van der Waals surface area contributed by atoms with Crippen molar-refractivity contribution in [1.82, 2.24) is 0 Å². The molecule has 0 aliphatic rings. The van der Waals surface area contributed by atoms with Crippen LogP contribution in [-0.2, 0) is 28.6 Å². The zero-order valence-corrected chi connectivity index (χ0v) is 34.8. The molecule has 1 unspecified atom stereocenters. The van der Waals surface area contributed by atoms with Crippen LogP contribution in [0.2, 0.25) is 0 Å². The van der Waals surface area contributed by atoms with Gasteiger partial charge in [0, 0.05) is 19.3 Å². The second-order valence-electron chi connectivity index (χ2n) is 15.3. The summed E-state index contributed by atoms with van der Waals surface area (Å²) in [5.41, 5.74) is 0. The van der Waals surface area contributed by atoms with E-state index in [0.29, 0.717) is 19.3 Å². The number of carbonyl (C=O) groups is 3. The van der Waals surface area contributed by atoms with Crippen LogP contribution >= 0.6 is 0 Å². The normalized spacial score (nSPS) is 12.0. The molecule has 0 N–H and O–H groups in total. The molecular formula is C46H86O6. The van der Waals surface area contributed by atoms with E-state index in [1.807, 2.05) is 0 Å². The van der Waals surface area contributed by atoms with Crippen LogP contribution in [0.15, 0.2) is 12.2 Å². The van der Waals surface area contributed by atoms with Crippen molar-refractivity contribution < 1.29 is 28.6 Å². The molecule has 0 amide bonds. The first-order chi connectivity index (χ1) is 25.5. The number of allylic oxidation sites excluding steroid dienone is 2. The van der Waals surface area contributed by atoms with Crippen molar-refractivity contribution in [3.05, 3.63) is 12.2 Å². The molecular weight excluding hydrogens is 648 g/mol. The Kier molecular flexibility index (Phi) is 40.4. The van der Waals surface area contributed by atoms with Crippen LogP contribution in [0.25, 0.3) is 0 Å². The Morgan fingerprint density at radius 3 is 0.962 bits per heavy atom. The molecule has 0 bridgehead atoms. The maximum atomic E-state index is 12.7. The van der Waals surface area contributed by atoms with Gasteiger partial charge in [-0.3, -0.25) is 14.4 Å². The van der Waals surface area contributed by atoms with Crippen LogP contribution in [0.5, 0.6) is 0 Å². The molecule has 0 aromatic heterocycles. The summed E-state index contributed by atoms with van der Waals surface area (Å²) in [5, 5.41) is 0. The van der Waals surface area contributed by atoms with Gasteiger partial charge in [-0.25, -0.2) is 0 Å². The molecule has 0 radical (unpaired) electrons. The Morgan fingerprint density at radius 1 is 0.365 bits per heavy atom. The Bertz CT molecular complexity index is 809. The summed E-state index contributed by atoms with van der Waals surface area (Å²) >= 11 is 0. The van der Waals surface area contributed by atoms with Crippen molar-refractivity contribution in [2.24, 2.45) is 0 Å². The maximum absolute atomic E-state index is 12.7. The predicted octanol–water partition coefficient (Wildman–Crippen LogP) is 14.3. The van der Waals surface area contributed by atoms with Crippen molar-refractivity contribution in [2.45, 2.75) is 252 Å². The standard InChI is InChI=1S/C46H86O6/c1-4-7-10-13-16-19-22-23-24-25-28-30-33-36-39-45(48)51-42-43(52-46(49)40-37-34-31-27-21-18-15-12-9-6-3)41-50-44(47)38-35-32-29-26-20-17-14-11-8-5-2/h22-23,43H,4-21,24-42H2,1-3H3/b23-22-. The second-order valence-corrected chi connectivity index (χ2v) is 15.3. The molecule has 52 heavy (non-hydrogen) atoms. The quantitative estimate of drug-likeness (QED) is 0.0269. The molecule has 306 valence electrons. The van der Waals surface area contributed by atoms with Gasteiger partial charge in [0.15, 0.2) is 6.10 Å². The maximum Gasteiger partial charge on any atom is 0.306 e. The van der Waals surface area contributed by atoms with Gasteiger partial charge in [0.2, 0.25) is 0 Å². The molecule has 0 fully saturated rings. The van der Waals surface area contributed by atoms with Crippen molar-refractivity contribution in [3.63, 3.8) is 0 Å². The first kappa shape index (κ1) is 50.1. The van der Waals surface area contributed by atoms with Gasteiger partial charge in [0.1, 0.15) is 13.2 Å². The average Bonchev–Trinajstić information content (AvgIpc) is 3.14. The number of carbonyl (C=O) groups excluding carboxylic acids is 3. The lowest BCUT2D eigenvalue weighted by molar-refractivity contribution is -0.167. The Morgan fingerprint density at radius 2 is 0.635 bits per heavy atom. The van der Waals surface area contributed by atoms with Crippen LogP contribution in [0.3, 0.4) is 0 Å². The summed E-state index contributed by atoms with van der Waals surface area (Å²) in [7, 11) is 0. The fraction of sp³-hybridized carbons (Fsp3) is 0.891. The van der Waals surface area contributed by atoms with E-state index in [0.717, 1.165) is 64.2 Å². The zero-order chi connectivity index (χ0) is 38.0. The zero-order valence-electron chi connectivity index (χ0n) is 34.8. The highest BCUT2D eigenvalue weighted by Gasteiger charge is 2.19.